The lowest BCUT2D eigenvalue weighted by molar-refractivity contribution is 0.369. The maximum Gasteiger partial charge on any atom is 0.165 e. The van der Waals surface area contributed by atoms with Crippen molar-refractivity contribution in [2.24, 2.45) is 0 Å². The topological polar surface area (TPSA) is 58.3 Å². The zero-order chi connectivity index (χ0) is 12.3. The van der Waals surface area contributed by atoms with Crippen LogP contribution >= 0.6 is 0 Å². The Bertz CT molecular complexity index is 511. The monoisotopic (exact) mass is 236 g/mol. The van der Waals surface area contributed by atoms with E-state index in [4.69, 9.17) is 9.63 Å². The van der Waals surface area contributed by atoms with Crippen molar-refractivity contribution in [3.8, 4) is 5.75 Å². The smallest absolute Gasteiger partial charge is 0.165 e. The predicted octanol–water partition coefficient (Wildman–Crippen LogP) is 2.12. The van der Waals surface area contributed by atoms with E-state index in [1.54, 1.807) is 6.07 Å². The Hall–Kier alpha value is -1.88. The molecule has 17 heavy (non-hydrogen) atoms. The average Bonchev–Trinajstić information content (AvgIpc) is 2.70. The molecule has 0 saturated carbocycles. The number of halogens is 1. The van der Waals surface area contributed by atoms with Crippen LogP contribution in [0, 0.1) is 12.7 Å². The van der Waals surface area contributed by atoms with E-state index < -0.39 is 5.82 Å². The fourth-order valence-corrected chi connectivity index (χ4v) is 1.49. The van der Waals surface area contributed by atoms with Gasteiger partial charge < -0.3 is 14.9 Å². The lowest BCUT2D eigenvalue weighted by Crippen LogP contribution is -2.12. The molecule has 1 aromatic carbocycles. The fraction of sp³-hybridized carbons (Fsp3) is 0.250. The van der Waals surface area contributed by atoms with Gasteiger partial charge in [-0.2, -0.15) is 0 Å². The first-order chi connectivity index (χ1) is 8.15. The van der Waals surface area contributed by atoms with Crippen molar-refractivity contribution in [1.82, 2.24) is 10.5 Å². The molecular formula is C12H13FN2O2. The van der Waals surface area contributed by atoms with Gasteiger partial charge in [-0.3, -0.25) is 0 Å². The van der Waals surface area contributed by atoms with Gasteiger partial charge >= 0.3 is 0 Å². The highest BCUT2D eigenvalue weighted by Gasteiger charge is 2.03. The number of hydrogen-bond donors (Lipinski definition) is 2. The Morgan fingerprint density at radius 3 is 2.82 bits per heavy atom. The maximum absolute atomic E-state index is 13.0. The SMILES string of the molecule is Cc1cc(CNCc2ccc(O)c(F)c2)on1. The Balaban J connectivity index is 1.87. The molecule has 2 rings (SSSR count). The first-order valence-corrected chi connectivity index (χ1v) is 5.25. The molecule has 0 aliphatic carbocycles. The summed E-state index contributed by atoms with van der Waals surface area (Å²) in [6.45, 7) is 2.88. The van der Waals surface area contributed by atoms with E-state index in [1.807, 2.05) is 13.0 Å². The minimum atomic E-state index is -0.611. The molecule has 0 bridgehead atoms. The van der Waals surface area contributed by atoms with Crippen molar-refractivity contribution >= 4 is 0 Å². The normalized spacial score (nSPS) is 10.7. The number of phenolic OH excluding ortho intramolecular Hbond substituents is 1. The Labute approximate surface area is 98.1 Å². The quantitative estimate of drug-likeness (QED) is 0.853. The molecule has 1 aromatic heterocycles. The van der Waals surface area contributed by atoms with E-state index >= 15 is 0 Å². The van der Waals surface area contributed by atoms with E-state index in [2.05, 4.69) is 10.5 Å². The van der Waals surface area contributed by atoms with Gasteiger partial charge in [-0.25, -0.2) is 4.39 Å². The fourth-order valence-electron chi connectivity index (χ4n) is 1.49. The summed E-state index contributed by atoms with van der Waals surface area (Å²) in [5.41, 5.74) is 1.59. The number of rotatable bonds is 4. The van der Waals surface area contributed by atoms with Crippen LogP contribution in [0.15, 0.2) is 28.8 Å². The zero-order valence-electron chi connectivity index (χ0n) is 9.40. The summed E-state index contributed by atoms with van der Waals surface area (Å²) in [7, 11) is 0. The molecule has 0 atom stereocenters. The number of phenols is 1. The van der Waals surface area contributed by atoms with Crippen LogP contribution < -0.4 is 5.32 Å². The highest BCUT2D eigenvalue weighted by molar-refractivity contribution is 5.27. The van der Waals surface area contributed by atoms with E-state index in [0.29, 0.717) is 13.1 Å². The van der Waals surface area contributed by atoms with Crippen molar-refractivity contribution in [1.29, 1.82) is 0 Å². The second-order valence-corrected chi connectivity index (χ2v) is 3.82. The third kappa shape index (κ3) is 3.04. The second-order valence-electron chi connectivity index (χ2n) is 3.82. The summed E-state index contributed by atoms with van der Waals surface area (Å²) in [6, 6.07) is 6.14. The molecule has 5 heteroatoms. The highest BCUT2D eigenvalue weighted by atomic mass is 19.1. The average molecular weight is 236 g/mol. The zero-order valence-corrected chi connectivity index (χ0v) is 9.40. The Morgan fingerprint density at radius 2 is 2.18 bits per heavy atom. The van der Waals surface area contributed by atoms with Gasteiger partial charge in [-0.05, 0) is 24.6 Å². The summed E-state index contributed by atoms with van der Waals surface area (Å²) >= 11 is 0. The summed E-state index contributed by atoms with van der Waals surface area (Å²) in [5.74, 6) is -0.207. The second kappa shape index (κ2) is 4.97. The lowest BCUT2D eigenvalue weighted by Gasteiger charge is -2.03. The van der Waals surface area contributed by atoms with Crippen LogP contribution in [-0.4, -0.2) is 10.3 Å². The summed E-state index contributed by atoms with van der Waals surface area (Å²) < 4.78 is 18.0. The van der Waals surface area contributed by atoms with Gasteiger partial charge in [0.05, 0.1) is 12.2 Å². The molecule has 2 N–H and O–H groups in total. The minimum absolute atomic E-state index is 0.334. The van der Waals surface area contributed by atoms with Gasteiger partial charge in [0.1, 0.15) is 0 Å². The Kier molecular flexibility index (Phi) is 3.39. The number of hydrogen-bond acceptors (Lipinski definition) is 4. The van der Waals surface area contributed by atoms with Crippen LogP contribution in [0.3, 0.4) is 0 Å². The first-order valence-electron chi connectivity index (χ1n) is 5.25. The molecule has 0 unspecified atom stereocenters. The third-order valence-corrected chi connectivity index (χ3v) is 2.32. The van der Waals surface area contributed by atoms with Crippen molar-refractivity contribution in [2.45, 2.75) is 20.0 Å². The number of aromatic hydroxyl groups is 1. The number of nitrogens with one attached hydrogen (secondary N) is 1. The minimum Gasteiger partial charge on any atom is -0.505 e. The van der Waals surface area contributed by atoms with E-state index in [9.17, 15) is 4.39 Å². The van der Waals surface area contributed by atoms with Crippen LogP contribution in [0.5, 0.6) is 5.75 Å². The lowest BCUT2D eigenvalue weighted by atomic mass is 10.2. The van der Waals surface area contributed by atoms with E-state index in [-0.39, 0.29) is 5.75 Å². The van der Waals surface area contributed by atoms with Gasteiger partial charge in [0.15, 0.2) is 17.3 Å². The third-order valence-electron chi connectivity index (χ3n) is 2.32. The molecule has 4 nitrogen and oxygen atoms in total. The molecule has 90 valence electrons. The van der Waals surface area contributed by atoms with Gasteiger partial charge in [-0.1, -0.05) is 11.2 Å². The first kappa shape index (κ1) is 11.6. The van der Waals surface area contributed by atoms with Crippen molar-refractivity contribution in [2.75, 3.05) is 0 Å². The molecule has 0 radical (unpaired) electrons. The molecule has 0 saturated heterocycles. The molecule has 0 aliphatic rings. The van der Waals surface area contributed by atoms with Gasteiger partial charge in [-0.15, -0.1) is 0 Å². The molecule has 1 heterocycles. The van der Waals surface area contributed by atoms with Gasteiger partial charge in [0.2, 0.25) is 0 Å². The molecule has 0 amide bonds. The maximum atomic E-state index is 13.0. The van der Waals surface area contributed by atoms with Gasteiger partial charge in [0.25, 0.3) is 0 Å². The molecule has 2 aromatic rings. The standard InChI is InChI=1S/C12H13FN2O2/c1-8-4-10(17-15-8)7-14-6-9-2-3-12(16)11(13)5-9/h2-5,14,16H,6-7H2,1H3. The summed E-state index contributed by atoms with van der Waals surface area (Å²) in [6.07, 6.45) is 0. The van der Waals surface area contributed by atoms with Crippen LogP contribution in [0.25, 0.3) is 0 Å². The van der Waals surface area contributed by atoms with E-state index in [0.717, 1.165) is 17.0 Å². The Morgan fingerprint density at radius 1 is 1.35 bits per heavy atom. The number of nitrogens with zero attached hydrogens (tertiary/aromatic N) is 1. The highest BCUT2D eigenvalue weighted by Crippen LogP contribution is 2.16. The van der Waals surface area contributed by atoms with Crippen molar-refractivity contribution in [3.05, 3.63) is 47.1 Å². The summed E-state index contributed by atoms with van der Waals surface area (Å²) in [5, 5.41) is 15.9. The van der Waals surface area contributed by atoms with Crippen LogP contribution in [-0.2, 0) is 13.1 Å². The molecule has 0 fully saturated rings. The largest absolute Gasteiger partial charge is 0.505 e. The summed E-state index contributed by atoms with van der Waals surface area (Å²) in [4.78, 5) is 0. The van der Waals surface area contributed by atoms with Crippen LogP contribution in [0.4, 0.5) is 4.39 Å². The van der Waals surface area contributed by atoms with Crippen molar-refractivity contribution < 1.29 is 14.0 Å². The molecule has 0 spiro atoms. The van der Waals surface area contributed by atoms with E-state index in [1.165, 1.54) is 12.1 Å². The molecular weight excluding hydrogens is 223 g/mol. The predicted molar refractivity (Wildman–Crippen MR) is 59.8 cm³/mol. The molecule has 0 aliphatic heterocycles. The number of aromatic nitrogens is 1. The van der Waals surface area contributed by atoms with Crippen LogP contribution in [0.1, 0.15) is 17.0 Å². The number of benzene rings is 1. The van der Waals surface area contributed by atoms with Crippen molar-refractivity contribution in [3.63, 3.8) is 0 Å². The van der Waals surface area contributed by atoms with Crippen LogP contribution in [0.2, 0.25) is 0 Å². The number of aryl methyl sites for hydroxylation is 1. The van der Waals surface area contributed by atoms with Gasteiger partial charge in [0, 0.05) is 12.6 Å².